The van der Waals surface area contributed by atoms with E-state index < -0.39 is 0 Å². The van der Waals surface area contributed by atoms with Crippen LogP contribution in [0.15, 0.2) is 0 Å². The molecule has 116 valence electrons. The van der Waals surface area contributed by atoms with E-state index in [0.29, 0.717) is 13.0 Å². The molecule has 20 heavy (non-hydrogen) atoms. The highest BCUT2D eigenvalue weighted by Gasteiger charge is 2.27. The molecular formula is C15H29N3O2. The van der Waals surface area contributed by atoms with Crippen LogP contribution in [-0.2, 0) is 4.79 Å². The number of hydrogen-bond acceptors (Lipinski definition) is 4. The first-order chi connectivity index (χ1) is 9.54. The van der Waals surface area contributed by atoms with Gasteiger partial charge in [-0.05, 0) is 37.6 Å². The van der Waals surface area contributed by atoms with Crippen molar-refractivity contribution in [1.29, 1.82) is 0 Å². The molecule has 0 aromatic rings. The normalized spacial score (nSPS) is 35.1. The lowest BCUT2D eigenvalue weighted by Gasteiger charge is -2.34. The third kappa shape index (κ3) is 4.72. The lowest BCUT2D eigenvalue weighted by molar-refractivity contribution is -0.122. The third-order valence-electron chi connectivity index (χ3n) is 4.32. The molecule has 2 aliphatic rings. The van der Waals surface area contributed by atoms with Gasteiger partial charge in [-0.25, -0.2) is 0 Å². The number of aliphatic hydroxyl groups is 1. The van der Waals surface area contributed by atoms with Gasteiger partial charge in [0, 0.05) is 26.2 Å². The molecule has 0 saturated carbocycles. The minimum atomic E-state index is -0.373. The van der Waals surface area contributed by atoms with E-state index in [9.17, 15) is 9.90 Å². The van der Waals surface area contributed by atoms with Gasteiger partial charge in [-0.2, -0.15) is 0 Å². The van der Waals surface area contributed by atoms with E-state index in [-0.39, 0.29) is 18.1 Å². The number of rotatable bonds is 5. The fourth-order valence-corrected chi connectivity index (χ4v) is 3.53. The standard InChI is InChI=1S/C15H29N3O2/c1-11-6-12(2)10-18(9-11)5-3-4-16-15(20)14-7-13(19)8-17-14/h11-14,17,19H,3-10H2,1-2H3,(H,16,20). The van der Waals surface area contributed by atoms with Crippen LogP contribution in [0.2, 0.25) is 0 Å². The molecule has 0 aromatic heterocycles. The van der Waals surface area contributed by atoms with Gasteiger partial charge in [0.25, 0.3) is 0 Å². The number of amides is 1. The first kappa shape index (κ1) is 15.7. The molecule has 2 saturated heterocycles. The van der Waals surface area contributed by atoms with Gasteiger partial charge in [0.2, 0.25) is 5.91 Å². The molecule has 1 amide bonds. The van der Waals surface area contributed by atoms with Crippen LogP contribution in [0.3, 0.4) is 0 Å². The van der Waals surface area contributed by atoms with E-state index in [1.54, 1.807) is 0 Å². The first-order valence-corrected chi connectivity index (χ1v) is 7.96. The quantitative estimate of drug-likeness (QED) is 0.631. The van der Waals surface area contributed by atoms with E-state index in [1.807, 2.05) is 0 Å². The van der Waals surface area contributed by atoms with Gasteiger partial charge in [-0.3, -0.25) is 4.79 Å². The second kappa shape index (κ2) is 7.38. The van der Waals surface area contributed by atoms with Crippen molar-refractivity contribution in [2.24, 2.45) is 11.8 Å². The van der Waals surface area contributed by atoms with E-state index in [0.717, 1.165) is 31.3 Å². The molecule has 2 aliphatic heterocycles. The van der Waals surface area contributed by atoms with Crippen LogP contribution in [0, 0.1) is 11.8 Å². The summed E-state index contributed by atoms with van der Waals surface area (Å²) in [5, 5.41) is 15.4. The molecule has 0 spiro atoms. The average molecular weight is 283 g/mol. The minimum Gasteiger partial charge on any atom is -0.392 e. The van der Waals surface area contributed by atoms with Crippen molar-refractivity contribution in [3.63, 3.8) is 0 Å². The van der Waals surface area contributed by atoms with Crippen LogP contribution in [0.5, 0.6) is 0 Å². The molecule has 2 heterocycles. The summed E-state index contributed by atoms with van der Waals surface area (Å²) in [6, 6.07) is -0.208. The van der Waals surface area contributed by atoms with E-state index >= 15 is 0 Å². The van der Waals surface area contributed by atoms with Crippen molar-refractivity contribution in [1.82, 2.24) is 15.5 Å². The smallest absolute Gasteiger partial charge is 0.237 e. The number of carbonyl (C=O) groups excluding carboxylic acids is 1. The Kier molecular flexibility index (Phi) is 5.81. The minimum absolute atomic E-state index is 0.0296. The molecule has 0 radical (unpaired) electrons. The Morgan fingerprint density at radius 2 is 2.00 bits per heavy atom. The van der Waals surface area contributed by atoms with Crippen LogP contribution in [-0.4, -0.2) is 60.8 Å². The molecule has 4 atom stereocenters. The molecule has 4 unspecified atom stereocenters. The van der Waals surface area contributed by atoms with Crippen molar-refractivity contribution in [2.75, 3.05) is 32.7 Å². The average Bonchev–Trinajstić information content (AvgIpc) is 2.80. The van der Waals surface area contributed by atoms with Crippen LogP contribution in [0.25, 0.3) is 0 Å². The van der Waals surface area contributed by atoms with Crippen LogP contribution in [0.1, 0.15) is 33.1 Å². The first-order valence-electron chi connectivity index (χ1n) is 7.96. The van der Waals surface area contributed by atoms with Gasteiger partial charge in [0.1, 0.15) is 0 Å². The molecule has 2 rings (SSSR count). The number of hydrogen-bond donors (Lipinski definition) is 3. The molecule has 5 nitrogen and oxygen atoms in total. The second-order valence-electron chi connectivity index (χ2n) is 6.70. The number of nitrogens with one attached hydrogen (secondary N) is 2. The summed E-state index contributed by atoms with van der Waals surface area (Å²) in [7, 11) is 0. The van der Waals surface area contributed by atoms with Crippen LogP contribution in [0.4, 0.5) is 0 Å². The number of nitrogens with zero attached hydrogens (tertiary/aromatic N) is 1. The number of carbonyl (C=O) groups is 1. The molecule has 0 aliphatic carbocycles. The van der Waals surface area contributed by atoms with Gasteiger partial charge in [-0.15, -0.1) is 0 Å². The SMILES string of the molecule is CC1CC(C)CN(CCCNC(=O)C2CC(O)CN2)C1. The fraction of sp³-hybridized carbons (Fsp3) is 0.933. The number of β-amino-alcohol motifs (C(OH)–C–C–N with tert-alkyl or cyclic N) is 1. The van der Waals surface area contributed by atoms with Crippen LogP contribution >= 0.6 is 0 Å². The summed E-state index contributed by atoms with van der Waals surface area (Å²) in [5.41, 5.74) is 0. The summed E-state index contributed by atoms with van der Waals surface area (Å²) in [4.78, 5) is 14.4. The lowest BCUT2D eigenvalue weighted by atomic mass is 9.92. The predicted molar refractivity (Wildman–Crippen MR) is 79.4 cm³/mol. The molecule has 0 aromatic carbocycles. The summed E-state index contributed by atoms with van der Waals surface area (Å²) in [6.45, 7) is 9.34. The number of piperidine rings is 1. The Labute approximate surface area is 122 Å². The summed E-state index contributed by atoms with van der Waals surface area (Å²) in [5.74, 6) is 1.61. The highest BCUT2D eigenvalue weighted by Crippen LogP contribution is 2.20. The van der Waals surface area contributed by atoms with Gasteiger partial charge < -0.3 is 20.6 Å². The third-order valence-corrected chi connectivity index (χ3v) is 4.32. The van der Waals surface area contributed by atoms with Crippen molar-refractivity contribution < 1.29 is 9.90 Å². The van der Waals surface area contributed by atoms with Gasteiger partial charge >= 0.3 is 0 Å². The molecule has 3 N–H and O–H groups in total. The Bertz CT molecular complexity index is 314. The van der Waals surface area contributed by atoms with Crippen molar-refractivity contribution in [2.45, 2.75) is 45.3 Å². The maximum Gasteiger partial charge on any atom is 0.237 e. The van der Waals surface area contributed by atoms with E-state index in [4.69, 9.17) is 0 Å². The summed E-state index contributed by atoms with van der Waals surface area (Å²) in [6.07, 6.45) is 2.50. The summed E-state index contributed by atoms with van der Waals surface area (Å²) < 4.78 is 0. The van der Waals surface area contributed by atoms with Crippen LogP contribution < -0.4 is 10.6 Å². The van der Waals surface area contributed by atoms with E-state index in [2.05, 4.69) is 29.4 Å². The van der Waals surface area contributed by atoms with E-state index in [1.165, 1.54) is 19.5 Å². The molecule has 0 bridgehead atoms. The maximum atomic E-state index is 11.8. The zero-order chi connectivity index (χ0) is 14.5. The largest absolute Gasteiger partial charge is 0.392 e. The number of aliphatic hydroxyl groups excluding tert-OH is 1. The lowest BCUT2D eigenvalue weighted by Crippen LogP contribution is -2.42. The topological polar surface area (TPSA) is 64.6 Å². The number of likely N-dealkylation sites (tertiary alicyclic amines) is 1. The Morgan fingerprint density at radius 3 is 2.60 bits per heavy atom. The van der Waals surface area contributed by atoms with Gasteiger partial charge in [0.15, 0.2) is 0 Å². The van der Waals surface area contributed by atoms with Crippen molar-refractivity contribution in [3.8, 4) is 0 Å². The monoisotopic (exact) mass is 283 g/mol. The Morgan fingerprint density at radius 1 is 1.30 bits per heavy atom. The Hall–Kier alpha value is -0.650. The second-order valence-corrected chi connectivity index (χ2v) is 6.70. The predicted octanol–water partition coefficient (Wildman–Crippen LogP) is 0.193. The highest BCUT2D eigenvalue weighted by atomic mass is 16.3. The molecular weight excluding hydrogens is 254 g/mol. The summed E-state index contributed by atoms with van der Waals surface area (Å²) >= 11 is 0. The van der Waals surface area contributed by atoms with Gasteiger partial charge in [-0.1, -0.05) is 13.8 Å². The highest BCUT2D eigenvalue weighted by molar-refractivity contribution is 5.82. The molecule has 2 fully saturated rings. The zero-order valence-corrected chi connectivity index (χ0v) is 12.8. The Balaban J connectivity index is 1.58. The fourth-order valence-electron chi connectivity index (χ4n) is 3.53. The van der Waals surface area contributed by atoms with Gasteiger partial charge in [0.05, 0.1) is 12.1 Å². The maximum absolute atomic E-state index is 11.8. The van der Waals surface area contributed by atoms with Crippen molar-refractivity contribution >= 4 is 5.91 Å². The van der Waals surface area contributed by atoms with Crippen molar-refractivity contribution in [3.05, 3.63) is 0 Å². The molecule has 5 heteroatoms. The zero-order valence-electron chi connectivity index (χ0n) is 12.8.